The molecule has 1 heteroatoms. The minimum atomic E-state index is 0.889. The molecule has 1 N–H and O–H groups in total. The number of rotatable bonds is 4. The molecule has 1 nitrogen and oxygen atoms in total. The largest absolute Gasteiger partial charge is 0.319 e. The summed E-state index contributed by atoms with van der Waals surface area (Å²) in [6.07, 6.45) is 6.25. The predicted molar refractivity (Wildman–Crippen MR) is 45.8 cm³/mol. The molecule has 0 heterocycles. The van der Waals surface area contributed by atoms with E-state index in [4.69, 9.17) is 0 Å². The van der Waals surface area contributed by atoms with E-state index in [0.717, 1.165) is 19.4 Å². The highest BCUT2D eigenvalue weighted by atomic mass is 14.8. The normalized spacial score (nSPS) is 9.40. The van der Waals surface area contributed by atoms with E-state index in [-0.39, 0.29) is 0 Å². The second-order valence-electron chi connectivity index (χ2n) is 1.99. The van der Waals surface area contributed by atoms with Crippen molar-refractivity contribution < 1.29 is 0 Å². The van der Waals surface area contributed by atoms with Gasteiger partial charge >= 0.3 is 0 Å². The van der Waals surface area contributed by atoms with E-state index in [1.54, 1.807) is 0 Å². The van der Waals surface area contributed by atoms with Gasteiger partial charge in [0.05, 0.1) is 0 Å². The average molecular weight is 137 g/mol. The van der Waals surface area contributed by atoms with Gasteiger partial charge in [-0.25, -0.2) is 0 Å². The maximum absolute atomic E-state index is 3.07. The average Bonchev–Trinajstić information content (AvgIpc) is 1.97. The minimum absolute atomic E-state index is 0.889. The first kappa shape index (κ1) is 9.26. The van der Waals surface area contributed by atoms with Gasteiger partial charge in [0, 0.05) is 6.42 Å². The van der Waals surface area contributed by atoms with Gasteiger partial charge in [0.2, 0.25) is 0 Å². The Morgan fingerprint density at radius 2 is 2.20 bits per heavy atom. The second-order valence-corrected chi connectivity index (χ2v) is 1.99. The minimum Gasteiger partial charge on any atom is -0.319 e. The summed E-state index contributed by atoms with van der Waals surface area (Å²) in [5, 5.41) is 3.07. The Bertz CT molecular complexity index is 137. The summed E-state index contributed by atoms with van der Waals surface area (Å²) < 4.78 is 0. The van der Waals surface area contributed by atoms with E-state index >= 15 is 0 Å². The summed E-state index contributed by atoms with van der Waals surface area (Å²) in [6.45, 7) is 2.91. The zero-order valence-electron chi connectivity index (χ0n) is 6.78. The van der Waals surface area contributed by atoms with Crippen LogP contribution in [0.5, 0.6) is 0 Å². The lowest BCUT2D eigenvalue weighted by Crippen LogP contribution is -2.05. The highest BCUT2D eigenvalue weighted by molar-refractivity contribution is 5.02. The molecule has 0 saturated carbocycles. The van der Waals surface area contributed by atoms with Gasteiger partial charge < -0.3 is 5.32 Å². The van der Waals surface area contributed by atoms with Gasteiger partial charge in [0.15, 0.2) is 0 Å². The molecule has 0 spiro atoms. The molecular formula is C9H15N. The highest BCUT2D eigenvalue weighted by Crippen LogP contribution is 1.83. The fourth-order valence-corrected chi connectivity index (χ4v) is 0.590. The molecule has 0 aliphatic rings. The fraction of sp³-hybridized carbons (Fsp3) is 0.556. The lowest BCUT2D eigenvalue weighted by atomic mass is 10.3. The van der Waals surface area contributed by atoms with Crippen molar-refractivity contribution in [3.63, 3.8) is 0 Å². The molecule has 0 rings (SSSR count). The first-order chi connectivity index (χ1) is 4.91. The van der Waals surface area contributed by atoms with Gasteiger partial charge in [-0.15, -0.1) is 5.92 Å². The van der Waals surface area contributed by atoms with Crippen molar-refractivity contribution in [2.45, 2.75) is 19.8 Å². The fourth-order valence-electron chi connectivity index (χ4n) is 0.590. The topological polar surface area (TPSA) is 12.0 Å². The molecule has 0 amide bonds. The molecule has 0 bridgehead atoms. The van der Waals surface area contributed by atoms with Gasteiger partial charge in [-0.1, -0.05) is 18.1 Å². The van der Waals surface area contributed by atoms with Crippen LogP contribution in [-0.2, 0) is 0 Å². The Morgan fingerprint density at radius 1 is 1.40 bits per heavy atom. The van der Waals surface area contributed by atoms with Crippen molar-refractivity contribution in [3.8, 4) is 11.8 Å². The molecule has 0 aliphatic heterocycles. The van der Waals surface area contributed by atoms with Crippen LogP contribution in [-0.4, -0.2) is 13.6 Å². The summed E-state index contributed by atoms with van der Waals surface area (Å²) in [7, 11) is 1.96. The van der Waals surface area contributed by atoms with Crippen LogP contribution in [0.15, 0.2) is 12.2 Å². The summed E-state index contributed by atoms with van der Waals surface area (Å²) >= 11 is 0. The van der Waals surface area contributed by atoms with Crippen LogP contribution in [0.2, 0.25) is 0 Å². The Kier molecular flexibility index (Phi) is 7.65. The zero-order chi connectivity index (χ0) is 7.66. The van der Waals surface area contributed by atoms with E-state index in [0.29, 0.717) is 0 Å². The van der Waals surface area contributed by atoms with E-state index in [2.05, 4.69) is 29.3 Å². The van der Waals surface area contributed by atoms with E-state index in [1.807, 2.05) is 14.0 Å². The molecule has 0 unspecified atom stereocenters. The monoisotopic (exact) mass is 137 g/mol. The first-order valence-electron chi connectivity index (χ1n) is 3.61. The van der Waals surface area contributed by atoms with Gasteiger partial charge in [0.25, 0.3) is 0 Å². The van der Waals surface area contributed by atoms with Crippen molar-refractivity contribution in [2.75, 3.05) is 13.6 Å². The van der Waals surface area contributed by atoms with Crippen LogP contribution in [0.3, 0.4) is 0 Å². The molecule has 0 aromatic rings. The summed E-state index contributed by atoms with van der Waals surface area (Å²) in [6, 6.07) is 0. The van der Waals surface area contributed by atoms with Gasteiger partial charge in [0.1, 0.15) is 0 Å². The molecule has 0 aromatic heterocycles. The molecule has 0 aromatic carbocycles. The number of allylic oxidation sites excluding steroid dienone is 1. The SMILES string of the molecule is CC#CCC=CCCNC. The van der Waals surface area contributed by atoms with Crippen molar-refractivity contribution in [2.24, 2.45) is 0 Å². The van der Waals surface area contributed by atoms with Crippen LogP contribution in [0, 0.1) is 11.8 Å². The third kappa shape index (κ3) is 7.26. The van der Waals surface area contributed by atoms with Gasteiger partial charge in [-0.05, 0) is 26.9 Å². The predicted octanol–water partition coefficient (Wildman–Crippen LogP) is 1.57. The Labute approximate surface area is 63.5 Å². The maximum Gasteiger partial charge on any atom is 0.0269 e. The summed E-state index contributed by atoms with van der Waals surface area (Å²) in [4.78, 5) is 0. The molecule has 0 fully saturated rings. The van der Waals surface area contributed by atoms with Crippen LogP contribution in [0.25, 0.3) is 0 Å². The smallest absolute Gasteiger partial charge is 0.0269 e. The molecule has 0 saturated heterocycles. The number of hydrogen-bond donors (Lipinski definition) is 1. The van der Waals surface area contributed by atoms with Gasteiger partial charge in [-0.2, -0.15) is 0 Å². The van der Waals surface area contributed by atoms with E-state index < -0.39 is 0 Å². The van der Waals surface area contributed by atoms with Crippen LogP contribution in [0.1, 0.15) is 19.8 Å². The molecule has 0 atom stereocenters. The zero-order valence-corrected chi connectivity index (χ0v) is 6.78. The Morgan fingerprint density at radius 3 is 2.80 bits per heavy atom. The molecule has 56 valence electrons. The summed E-state index contributed by atoms with van der Waals surface area (Å²) in [5.41, 5.74) is 0. The van der Waals surface area contributed by atoms with Gasteiger partial charge in [-0.3, -0.25) is 0 Å². The van der Waals surface area contributed by atoms with E-state index in [1.165, 1.54) is 0 Å². The third-order valence-electron chi connectivity index (χ3n) is 1.12. The third-order valence-corrected chi connectivity index (χ3v) is 1.12. The quantitative estimate of drug-likeness (QED) is 0.352. The Balaban J connectivity index is 3.09. The lowest BCUT2D eigenvalue weighted by Gasteiger charge is -1.88. The maximum atomic E-state index is 3.07. The lowest BCUT2D eigenvalue weighted by molar-refractivity contribution is 0.807. The van der Waals surface area contributed by atoms with Crippen LogP contribution < -0.4 is 5.32 Å². The molecule has 0 radical (unpaired) electrons. The standard InChI is InChI=1S/C9H15N/c1-3-4-5-6-7-8-9-10-2/h6-7,10H,5,8-9H2,1-2H3. The first-order valence-corrected chi connectivity index (χ1v) is 3.61. The Hall–Kier alpha value is -0.740. The van der Waals surface area contributed by atoms with Crippen molar-refractivity contribution in [1.82, 2.24) is 5.32 Å². The molecule has 0 aliphatic carbocycles. The van der Waals surface area contributed by atoms with Crippen molar-refractivity contribution >= 4 is 0 Å². The van der Waals surface area contributed by atoms with Crippen molar-refractivity contribution in [1.29, 1.82) is 0 Å². The van der Waals surface area contributed by atoms with E-state index in [9.17, 15) is 0 Å². The summed E-state index contributed by atoms with van der Waals surface area (Å²) in [5.74, 6) is 5.81. The van der Waals surface area contributed by atoms with Crippen LogP contribution in [0.4, 0.5) is 0 Å². The number of nitrogens with one attached hydrogen (secondary N) is 1. The highest BCUT2D eigenvalue weighted by Gasteiger charge is 1.74. The van der Waals surface area contributed by atoms with Crippen molar-refractivity contribution in [3.05, 3.63) is 12.2 Å². The molecule has 10 heavy (non-hydrogen) atoms. The number of hydrogen-bond acceptors (Lipinski definition) is 1. The van der Waals surface area contributed by atoms with Crippen LogP contribution >= 0.6 is 0 Å². The molecular weight excluding hydrogens is 122 g/mol. The second kappa shape index (κ2) is 8.26.